The number of methoxy groups -OCH3 is 2. The topological polar surface area (TPSA) is 116 Å². The number of ether oxygens (including phenoxy) is 4. The quantitative estimate of drug-likeness (QED) is 0.501. The van der Waals surface area contributed by atoms with Gasteiger partial charge in [0.1, 0.15) is 17.9 Å². The fraction of sp³-hybridized carbons (Fsp3) is 0.519. The Bertz CT molecular complexity index is 1010. The van der Waals surface area contributed by atoms with Crippen molar-refractivity contribution in [2.75, 3.05) is 20.8 Å². The zero-order valence-corrected chi connectivity index (χ0v) is 21.4. The Morgan fingerprint density at radius 1 is 1.17 bits per heavy atom. The van der Waals surface area contributed by atoms with E-state index in [1.807, 2.05) is 38.1 Å². The number of carbonyl (C=O) groups is 2. The Kier molecular flexibility index (Phi) is 9.93. The highest BCUT2D eigenvalue weighted by Gasteiger charge is 2.35. The molecule has 1 amide bonds. The third kappa shape index (κ3) is 6.87. The Labute approximate surface area is 212 Å². The lowest BCUT2D eigenvalue weighted by atomic mass is 9.86. The fourth-order valence-corrected chi connectivity index (χ4v) is 4.51. The van der Waals surface area contributed by atoms with E-state index >= 15 is 0 Å². The smallest absolute Gasteiger partial charge is 0.329 e. The molecule has 9 nitrogen and oxygen atoms in total. The maximum Gasteiger partial charge on any atom is 0.329 e. The minimum absolute atomic E-state index is 0.117. The summed E-state index contributed by atoms with van der Waals surface area (Å²) in [6.07, 6.45) is 4.04. The summed E-state index contributed by atoms with van der Waals surface area (Å²) < 4.78 is 22.3. The van der Waals surface area contributed by atoms with Crippen LogP contribution >= 0.6 is 0 Å². The Hall–Kier alpha value is -3.33. The standard InChI is InChI=1S/C27H36N2O7/c1-5-15-35-25-17(2)36-27(32)21(29-26(31)23-24(30)22(34-4)13-14-28-23)8-6-7-19(25)16-18-9-11-20(33-3)12-10-18/h9-14,17,19,21,25,30H,5-8,15-16H2,1-4H3,(H,29,31). The van der Waals surface area contributed by atoms with E-state index < -0.39 is 24.0 Å². The van der Waals surface area contributed by atoms with Crippen molar-refractivity contribution in [3.63, 3.8) is 0 Å². The summed E-state index contributed by atoms with van der Waals surface area (Å²) in [7, 11) is 3.02. The summed E-state index contributed by atoms with van der Waals surface area (Å²) in [6, 6.07) is 8.51. The molecule has 196 valence electrons. The third-order valence-corrected chi connectivity index (χ3v) is 6.38. The molecule has 1 saturated heterocycles. The molecule has 0 aliphatic carbocycles. The number of aromatic hydroxyl groups is 1. The second-order valence-electron chi connectivity index (χ2n) is 8.96. The monoisotopic (exact) mass is 500 g/mol. The van der Waals surface area contributed by atoms with E-state index in [0.29, 0.717) is 19.4 Å². The van der Waals surface area contributed by atoms with E-state index in [9.17, 15) is 14.7 Å². The summed E-state index contributed by atoms with van der Waals surface area (Å²) in [5, 5.41) is 13.0. The van der Waals surface area contributed by atoms with Crippen LogP contribution in [0.25, 0.3) is 0 Å². The Morgan fingerprint density at radius 3 is 2.58 bits per heavy atom. The average Bonchev–Trinajstić information content (AvgIpc) is 2.92. The van der Waals surface area contributed by atoms with E-state index in [4.69, 9.17) is 18.9 Å². The molecule has 1 aliphatic rings. The van der Waals surface area contributed by atoms with Gasteiger partial charge < -0.3 is 29.4 Å². The number of nitrogens with zero attached hydrogens (tertiary/aromatic N) is 1. The van der Waals surface area contributed by atoms with Gasteiger partial charge in [0.25, 0.3) is 5.91 Å². The van der Waals surface area contributed by atoms with Crippen molar-refractivity contribution in [2.45, 2.75) is 64.2 Å². The molecule has 0 saturated carbocycles. The number of aromatic nitrogens is 1. The normalized spacial score (nSPS) is 22.5. The predicted molar refractivity (Wildman–Crippen MR) is 133 cm³/mol. The molecule has 4 unspecified atom stereocenters. The van der Waals surface area contributed by atoms with Crippen molar-refractivity contribution in [3.05, 3.63) is 47.8 Å². The lowest BCUT2D eigenvalue weighted by Gasteiger charge is -2.31. The van der Waals surface area contributed by atoms with Crippen LogP contribution in [0, 0.1) is 5.92 Å². The van der Waals surface area contributed by atoms with Crippen molar-refractivity contribution < 1.29 is 33.6 Å². The number of carbonyl (C=O) groups excluding carboxylic acids is 2. The van der Waals surface area contributed by atoms with E-state index in [1.165, 1.54) is 19.4 Å². The molecule has 1 aliphatic heterocycles. The van der Waals surface area contributed by atoms with Crippen LogP contribution in [-0.2, 0) is 20.7 Å². The van der Waals surface area contributed by atoms with Gasteiger partial charge in [-0.25, -0.2) is 9.78 Å². The fourth-order valence-electron chi connectivity index (χ4n) is 4.51. The summed E-state index contributed by atoms with van der Waals surface area (Å²) in [5.41, 5.74) is 0.935. The minimum Gasteiger partial charge on any atom is -0.503 e. The van der Waals surface area contributed by atoms with Crippen LogP contribution in [-0.4, -0.2) is 61.0 Å². The highest BCUT2D eigenvalue weighted by Crippen LogP contribution is 2.30. The summed E-state index contributed by atoms with van der Waals surface area (Å²) in [6.45, 7) is 4.43. The van der Waals surface area contributed by atoms with Crippen LogP contribution < -0.4 is 14.8 Å². The number of pyridine rings is 1. The van der Waals surface area contributed by atoms with Gasteiger partial charge in [-0.15, -0.1) is 0 Å². The molecule has 2 N–H and O–H groups in total. The predicted octanol–water partition coefficient (Wildman–Crippen LogP) is 3.67. The molecular weight excluding hydrogens is 464 g/mol. The first-order valence-corrected chi connectivity index (χ1v) is 12.4. The van der Waals surface area contributed by atoms with Gasteiger partial charge >= 0.3 is 5.97 Å². The highest BCUT2D eigenvalue weighted by atomic mass is 16.6. The van der Waals surface area contributed by atoms with Crippen molar-refractivity contribution >= 4 is 11.9 Å². The molecule has 36 heavy (non-hydrogen) atoms. The van der Waals surface area contributed by atoms with Crippen molar-refractivity contribution in [2.24, 2.45) is 5.92 Å². The van der Waals surface area contributed by atoms with Crippen LogP contribution in [0.2, 0.25) is 0 Å². The first-order valence-electron chi connectivity index (χ1n) is 12.4. The second-order valence-corrected chi connectivity index (χ2v) is 8.96. The van der Waals surface area contributed by atoms with Gasteiger partial charge in [-0.2, -0.15) is 0 Å². The van der Waals surface area contributed by atoms with E-state index in [-0.39, 0.29) is 29.2 Å². The van der Waals surface area contributed by atoms with Crippen LogP contribution in [0.3, 0.4) is 0 Å². The average molecular weight is 501 g/mol. The van der Waals surface area contributed by atoms with Crippen LogP contribution in [0.1, 0.15) is 55.6 Å². The van der Waals surface area contributed by atoms with Gasteiger partial charge in [0.05, 0.1) is 20.3 Å². The maximum absolute atomic E-state index is 13.0. The minimum atomic E-state index is -0.876. The number of benzene rings is 1. The van der Waals surface area contributed by atoms with Crippen molar-refractivity contribution in [1.82, 2.24) is 10.3 Å². The van der Waals surface area contributed by atoms with Crippen LogP contribution in [0.15, 0.2) is 36.5 Å². The SMILES string of the molecule is CCCOC1C(Cc2ccc(OC)cc2)CCCC(NC(=O)c2nccc(OC)c2O)C(=O)OC1C. The van der Waals surface area contributed by atoms with Gasteiger partial charge in [-0.05, 0) is 56.2 Å². The van der Waals surface area contributed by atoms with Crippen LogP contribution in [0.4, 0.5) is 0 Å². The first kappa shape index (κ1) is 27.3. The molecule has 1 fully saturated rings. The molecule has 3 rings (SSSR count). The number of nitrogens with one attached hydrogen (secondary N) is 1. The van der Waals surface area contributed by atoms with Crippen molar-refractivity contribution in [3.8, 4) is 17.2 Å². The van der Waals surface area contributed by atoms with E-state index in [1.54, 1.807) is 7.11 Å². The first-order chi connectivity index (χ1) is 17.4. The van der Waals surface area contributed by atoms with Gasteiger partial charge in [-0.3, -0.25) is 4.79 Å². The van der Waals surface area contributed by atoms with Gasteiger partial charge in [0, 0.05) is 18.9 Å². The zero-order chi connectivity index (χ0) is 26.1. The molecule has 0 spiro atoms. The second kappa shape index (κ2) is 13.1. The number of rotatable bonds is 9. The number of amides is 1. The third-order valence-electron chi connectivity index (χ3n) is 6.38. The summed E-state index contributed by atoms with van der Waals surface area (Å²) in [5.74, 6) is -0.550. The summed E-state index contributed by atoms with van der Waals surface area (Å²) >= 11 is 0. The number of hydrogen-bond acceptors (Lipinski definition) is 8. The molecule has 1 aromatic heterocycles. The largest absolute Gasteiger partial charge is 0.503 e. The van der Waals surface area contributed by atoms with Gasteiger partial charge in [0.2, 0.25) is 0 Å². The Balaban J connectivity index is 1.77. The molecule has 2 heterocycles. The maximum atomic E-state index is 13.0. The molecule has 0 radical (unpaired) electrons. The molecule has 9 heteroatoms. The lowest BCUT2D eigenvalue weighted by Crippen LogP contribution is -2.44. The molecule has 2 aromatic rings. The zero-order valence-electron chi connectivity index (χ0n) is 21.4. The van der Waals surface area contributed by atoms with Gasteiger partial charge in [-0.1, -0.05) is 25.5 Å². The van der Waals surface area contributed by atoms with Gasteiger partial charge in [0.15, 0.2) is 17.2 Å². The van der Waals surface area contributed by atoms with E-state index in [0.717, 1.165) is 30.6 Å². The number of esters is 1. The Morgan fingerprint density at radius 2 is 1.92 bits per heavy atom. The number of cyclic esters (lactones) is 1. The van der Waals surface area contributed by atoms with Crippen molar-refractivity contribution in [1.29, 1.82) is 0 Å². The molecular formula is C27H36N2O7. The molecule has 1 aromatic carbocycles. The highest BCUT2D eigenvalue weighted by molar-refractivity contribution is 5.97. The molecule has 4 atom stereocenters. The van der Waals surface area contributed by atoms with Crippen LogP contribution in [0.5, 0.6) is 17.2 Å². The lowest BCUT2D eigenvalue weighted by molar-refractivity contribution is -0.160. The summed E-state index contributed by atoms with van der Waals surface area (Å²) in [4.78, 5) is 29.8. The van der Waals surface area contributed by atoms with E-state index in [2.05, 4.69) is 10.3 Å². The molecule has 0 bridgehead atoms. The number of hydrogen-bond donors (Lipinski definition) is 2.